The third-order valence-corrected chi connectivity index (χ3v) is 5.06. The number of hydrogen-bond donors (Lipinski definition) is 0. The van der Waals surface area contributed by atoms with Crippen LogP contribution < -0.4 is 4.90 Å². The van der Waals surface area contributed by atoms with E-state index in [9.17, 15) is 0 Å². The van der Waals surface area contributed by atoms with Crippen LogP contribution >= 0.6 is 0 Å². The van der Waals surface area contributed by atoms with Gasteiger partial charge in [-0.3, -0.25) is 0 Å². The van der Waals surface area contributed by atoms with Crippen molar-refractivity contribution < 1.29 is 0 Å². The molecule has 2 unspecified atom stereocenters. The van der Waals surface area contributed by atoms with Crippen LogP contribution in [0, 0.1) is 18.3 Å². The molecule has 2 atom stereocenters. The van der Waals surface area contributed by atoms with Gasteiger partial charge in [-0.15, -0.1) is 0 Å². The highest BCUT2D eigenvalue weighted by molar-refractivity contribution is 5.63. The Labute approximate surface area is 128 Å². The van der Waals surface area contributed by atoms with Crippen molar-refractivity contribution in [2.24, 2.45) is 0 Å². The van der Waals surface area contributed by atoms with Crippen LogP contribution in [0.15, 0.2) is 18.2 Å². The number of unbranched alkanes of at least 4 members (excludes halogenated alkanes) is 1. The molecule has 3 heteroatoms. The average molecular weight is 283 g/mol. The number of nitriles is 1. The molecule has 3 rings (SSSR count). The van der Waals surface area contributed by atoms with Gasteiger partial charge in [-0.2, -0.15) is 5.26 Å². The zero-order valence-corrected chi connectivity index (χ0v) is 13.2. The molecule has 2 heterocycles. The summed E-state index contributed by atoms with van der Waals surface area (Å²) >= 11 is 0. The van der Waals surface area contributed by atoms with Crippen LogP contribution in [0.3, 0.4) is 0 Å². The summed E-state index contributed by atoms with van der Waals surface area (Å²) in [5, 5.41) is 8.70. The predicted octanol–water partition coefficient (Wildman–Crippen LogP) is 3.30. The normalized spacial score (nSPS) is 24.5. The molecule has 0 bridgehead atoms. The molecule has 0 spiro atoms. The van der Waals surface area contributed by atoms with E-state index >= 15 is 0 Å². The number of benzene rings is 1. The topological polar surface area (TPSA) is 30.3 Å². The second-order valence-electron chi connectivity index (χ2n) is 6.37. The van der Waals surface area contributed by atoms with Gasteiger partial charge in [0.2, 0.25) is 0 Å². The van der Waals surface area contributed by atoms with Gasteiger partial charge in [0.05, 0.1) is 6.07 Å². The molecular formula is C18H25N3. The van der Waals surface area contributed by atoms with Crippen molar-refractivity contribution in [2.45, 2.75) is 45.1 Å². The Morgan fingerprint density at radius 1 is 1.38 bits per heavy atom. The second-order valence-corrected chi connectivity index (χ2v) is 6.37. The smallest absolute Gasteiger partial charge is 0.0622 e. The molecule has 3 nitrogen and oxygen atoms in total. The van der Waals surface area contributed by atoms with Gasteiger partial charge in [-0.05, 0) is 44.9 Å². The van der Waals surface area contributed by atoms with Gasteiger partial charge in [-0.25, -0.2) is 0 Å². The minimum atomic E-state index is 0.649. The molecule has 0 radical (unpaired) electrons. The lowest BCUT2D eigenvalue weighted by Gasteiger charge is -2.38. The van der Waals surface area contributed by atoms with Gasteiger partial charge in [0.25, 0.3) is 0 Å². The van der Waals surface area contributed by atoms with Crippen molar-refractivity contribution in [3.63, 3.8) is 0 Å². The first-order valence-electron chi connectivity index (χ1n) is 8.21. The average Bonchev–Trinajstić information content (AvgIpc) is 2.80. The molecule has 0 saturated carbocycles. The summed E-state index contributed by atoms with van der Waals surface area (Å²) in [6.07, 6.45) is 2.94. The number of likely N-dealkylation sites (tertiary alicyclic amines) is 1. The molecule has 0 aromatic heterocycles. The Morgan fingerprint density at radius 2 is 2.24 bits per heavy atom. The number of piperidine rings is 1. The Morgan fingerprint density at radius 3 is 3.00 bits per heavy atom. The molecule has 1 saturated heterocycles. The first-order chi connectivity index (χ1) is 10.2. The van der Waals surface area contributed by atoms with Gasteiger partial charge in [0, 0.05) is 43.7 Å². The molecule has 1 fully saturated rings. The Hall–Kier alpha value is -1.53. The summed E-state index contributed by atoms with van der Waals surface area (Å²) in [7, 11) is 0. The third kappa shape index (κ3) is 2.65. The minimum absolute atomic E-state index is 0.649. The largest absolute Gasteiger partial charge is 0.368 e. The molecule has 1 aromatic rings. The van der Waals surface area contributed by atoms with E-state index in [4.69, 9.17) is 5.26 Å². The van der Waals surface area contributed by atoms with Crippen molar-refractivity contribution in [2.75, 3.05) is 31.1 Å². The lowest BCUT2D eigenvalue weighted by Crippen LogP contribution is -2.46. The standard InChI is InChI=1S/C18H25N3/c1-3-21-17-7-6-14(2)12-15(17)16-13-20(10-5-4-9-19)11-8-18(16)21/h6-7,12,16,18H,3-5,8,10-11,13H2,1-2H3. The second kappa shape index (κ2) is 6.07. The van der Waals surface area contributed by atoms with Crippen LogP contribution in [0.5, 0.6) is 0 Å². The molecule has 2 aliphatic heterocycles. The summed E-state index contributed by atoms with van der Waals surface area (Å²) in [6.45, 7) is 8.97. The van der Waals surface area contributed by atoms with E-state index < -0.39 is 0 Å². The van der Waals surface area contributed by atoms with Crippen LogP contribution in [0.25, 0.3) is 0 Å². The maximum absolute atomic E-state index is 8.70. The maximum Gasteiger partial charge on any atom is 0.0622 e. The third-order valence-electron chi connectivity index (χ3n) is 5.06. The van der Waals surface area contributed by atoms with Gasteiger partial charge in [-0.1, -0.05) is 17.7 Å². The number of nitrogens with zero attached hydrogens (tertiary/aromatic N) is 3. The van der Waals surface area contributed by atoms with Crippen LogP contribution in [-0.4, -0.2) is 37.1 Å². The van der Waals surface area contributed by atoms with E-state index in [2.05, 4.69) is 47.9 Å². The van der Waals surface area contributed by atoms with Crippen LogP contribution in [-0.2, 0) is 0 Å². The molecule has 0 N–H and O–H groups in total. The molecular weight excluding hydrogens is 258 g/mol. The van der Waals surface area contributed by atoms with Crippen molar-refractivity contribution in [1.29, 1.82) is 5.26 Å². The molecule has 2 aliphatic rings. The fourth-order valence-corrected chi connectivity index (χ4v) is 4.09. The zero-order valence-electron chi connectivity index (χ0n) is 13.2. The molecule has 0 aliphatic carbocycles. The number of anilines is 1. The van der Waals surface area contributed by atoms with Gasteiger partial charge in [0.15, 0.2) is 0 Å². The number of rotatable bonds is 4. The number of likely N-dealkylation sites (N-methyl/N-ethyl adjacent to an activating group) is 1. The highest BCUT2D eigenvalue weighted by Gasteiger charge is 2.40. The van der Waals surface area contributed by atoms with E-state index in [1.165, 1.54) is 24.2 Å². The number of aryl methyl sites for hydroxylation is 1. The lowest BCUT2D eigenvalue weighted by molar-refractivity contribution is 0.192. The fraction of sp³-hybridized carbons (Fsp3) is 0.611. The molecule has 112 valence electrons. The highest BCUT2D eigenvalue weighted by atomic mass is 15.2. The summed E-state index contributed by atoms with van der Waals surface area (Å²) in [5.74, 6) is 0.649. The van der Waals surface area contributed by atoms with Crippen molar-refractivity contribution in [1.82, 2.24) is 4.90 Å². The summed E-state index contributed by atoms with van der Waals surface area (Å²) in [4.78, 5) is 5.16. The fourth-order valence-electron chi connectivity index (χ4n) is 4.09. The predicted molar refractivity (Wildman–Crippen MR) is 86.6 cm³/mol. The van der Waals surface area contributed by atoms with Gasteiger partial charge < -0.3 is 9.80 Å². The van der Waals surface area contributed by atoms with Crippen molar-refractivity contribution >= 4 is 5.69 Å². The first kappa shape index (κ1) is 14.4. The van der Waals surface area contributed by atoms with Crippen molar-refractivity contribution in [3.8, 4) is 6.07 Å². The zero-order chi connectivity index (χ0) is 14.8. The molecule has 21 heavy (non-hydrogen) atoms. The van der Waals surface area contributed by atoms with Gasteiger partial charge >= 0.3 is 0 Å². The first-order valence-corrected chi connectivity index (χ1v) is 8.21. The van der Waals surface area contributed by atoms with Crippen LogP contribution in [0.4, 0.5) is 5.69 Å². The summed E-state index contributed by atoms with van der Waals surface area (Å²) in [6, 6.07) is 9.88. The Bertz CT molecular complexity index is 546. The van der Waals surface area contributed by atoms with E-state index in [1.807, 2.05) is 0 Å². The lowest BCUT2D eigenvalue weighted by atomic mass is 9.88. The monoisotopic (exact) mass is 283 g/mol. The van der Waals surface area contributed by atoms with Crippen LogP contribution in [0.2, 0.25) is 0 Å². The maximum atomic E-state index is 8.70. The Kier molecular flexibility index (Phi) is 4.17. The summed E-state index contributed by atoms with van der Waals surface area (Å²) in [5.41, 5.74) is 4.37. The van der Waals surface area contributed by atoms with Crippen molar-refractivity contribution in [3.05, 3.63) is 29.3 Å². The highest BCUT2D eigenvalue weighted by Crippen LogP contribution is 2.44. The van der Waals surface area contributed by atoms with Crippen LogP contribution in [0.1, 0.15) is 43.2 Å². The van der Waals surface area contributed by atoms with E-state index in [0.717, 1.165) is 26.1 Å². The van der Waals surface area contributed by atoms with Gasteiger partial charge in [0.1, 0.15) is 0 Å². The quantitative estimate of drug-likeness (QED) is 0.794. The van der Waals surface area contributed by atoms with E-state index in [-0.39, 0.29) is 0 Å². The molecule has 1 aromatic carbocycles. The van der Waals surface area contributed by atoms with E-state index in [1.54, 1.807) is 5.56 Å². The Balaban J connectivity index is 1.79. The van der Waals surface area contributed by atoms with E-state index in [0.29, 0.717) is 18.4 Å². The SMILES string of the molecule is CCN1c2ccc(C)cc2C2CN(CCCC#N)CCC21. The molecule has 0 amide bonds. The number of fused-ring (bicyclic) bond motifs is 3. The minimum Gasteiger partial charge on any atom is -0.368 e. The summed E-state index contributed by atoms with van der Waals surface area (Å²) < 4.78 is 0. The number of hydrogen-bond acceptors (Lipinski definition) is 3.